The SMILES string of the molecule is N#Cc1c(Cc2c(Cl)ccc(C(=O)N3CCOCC3)c2Cl)[nH]c2ccccc12. The zero-order chi connectivity index (χ0) is 19.7. The molecule has 2 heterocycles. The molecule has 3 aromatic rings. The number of morpholine rings is 1. The lowest BCUT2D eigenvalue weighted by Crippen LogP contribution is -2.40. The highest BCUT2D eigenvalue weighted by molar-refractivity contribution is 6.38. The van der Waals surface area contributed by atoms with E-state index in [-0.39, 0.29) is 5.91 Å². The summed E-state index contributed by atoms with van der Waals surface area (Å²) in [7, 11) is 0. The molecular weight excluding hydrogens is 397 g/mol. The number of rotatable bonds is 3. The van der Waals surface area contributed by atoms with Gasteiger partial charge in [-0.2, -0.15) is 5.26 Å². The first kappa shape index (κ1) is 18.8. The van der Waals surface area contributed by atoms with Crippen LogP contribution in [0.5, 0.6) is 0 Å². The second-order valence-electron chi connectivity index (χ2n) is 6.60. The summed E-state index contributed by atoms with van der Waals surface area (Å²) in [5.41, 5.74) is 3.21. The fourth-order valence-corrected chi connectivity index (χ4v) is 4.08. The predicted octanol–water partition coefficient (Wildman–Crippen LogP) is 4.41. The predicted molar refractivity (Wildman–Crippen MR) is 109 cm³/mol. The molecule has 1 aliphatic rings. The van der Waals surface area contributed by atoms with Crippen LogP contribution in [0.4, 0.5) is 0 Å². The Morgan fingerprint density at radius 1 is 1.18 bits per heavy atom. The van der Waals surface area contributed by atoms with E-state index in [1.165, 1.54) is 0 Å². The molecule has 2 aromatic carbocycles. The quantitative estimate of drug-likeness (QED) is 0.690. The highest BCUT2D eigenvalue weighted by Crippen LogP contribution is 2.33. The van der Waals surface area contributed by atoms with Crippen molar-refractivity contribution in [2.75, 3.05) is 26.3 Å². The molecule has 0 radical (unpaired) electrons. The second-order valence-corrected chi connectivity index (χ2v) is 7.39. The number of nitrogens with zero attached hydrogens (tertiary/aromatic N) is 2. The van der Waals surface area contributed by atoms with Gasteiger partial charge in [0, 0.05) is 41.1 Å². The van der Waals surface area contributed by atoms with E-state index < -0.39 is 0 Å². The molecule has 0 saturated carbocycles. The number of hydrogen-bond acceptors (Lipinski definition) is 3. The zero-order valence-electron chi connectivity index (χ0n) is 15.0. The Morgan fingerprint density at radius 3 is 2.68 bits per heavy atom. The number of hydrogen-bond donors (Lipinski definition) is 1. The lowest BCUT2D eigenvalue weighted by atomic mass is 10.0. The molecule has 28 heavy (non-hydrogen) atoms. The van der Waals surface area contributed by atoms with Crippen molar-refractivity contribution in [3.8, 4) is 6.07 Å². The average molecular weight is 414 g/mol. The third kappa shape index (κ3) is 3.35. The zero-order valence-corrected chi connectivity index (χ0v) is 16.5. The molecule has 7 heteroatoms. The van der Waals surface area contributed by atoms with E-state index in [1.807, 2.05) is 24.3 Å². The third-order valence-corrected chi connectivity index (χ3v) is 5.75. The van der Waals surface area contributed by atoms with Gasteiger partial charge < -0.3 is 14.6 Å². The molecule has 0 atom stereocenters. The number of benzene rings is 2. The number of ether oxygens (including phenoxy) is 1. The number of H-pyrrole nitrogens is 1. The highest BCUT2D eigenvalue weighted by Gasteiger charge is 2.24. The van der Waals surface area contributed by atoms with Crippen LogP contribution in [-0.2, 0) is 11.2 Å². The van der Waals surface area contributed by atoms with E-state index in [2.05, 4.69) is 11.1 Å². The van der Waals surface area contributed by atoms with Gasteiger partial charge in [0.15, 0.2) is 0 Å². The number of carbonyl (C=O) groups excluding carboxylic acids is 1. The molecule has 0 aliphatic carbocycles. The van der Waals surface area contributed by atoms with E-state index in [0.717, 1.165) is 16.6 Å². The Kier molecular flexibility index (Phi) is 5.27. The highest BCUT2D eigenvalue weighted by atomic mass is 35.5. The van der Waals surface area contributed by atoms with Crippen molar-refractivity contribution in [2.24, 2.45) is 0 Å². The number of aromatic amines is 1. The third-order valence-electron chi connectivity index (χ3n) is 4.96. The number of halogens is 2. The molecule has 0 spiro atoms. The minimum Gasteiger partial charge on any atom is -0.378 e. The summed E-state index contributed by atoms with van der Waals surface area (Å²) < 4.78 is 5.31. The fourth-order valence-electron chi connectivity index (χ4n) is 3.50. The topological polar surface area (TPSA) is 69.1 Å². The van der Waals surface area contributed by atoms with Crippen molar-refractivity contribution in [3.05, 3.63) is 68.8 Å². The summed E-state index contributed by atoms with van der Waals surface area (Å²) in [4.78, 5) is 17.9. The number of nitriles is 1. The van der Waals surface area contributed by atoms with Crippen LogP contribution < -0.4 is 0 Å². The van der Waals surface area contributed by atoms with Gasteiger partial charge in [-0.1, -0.05) is 41.4 Å². The number of carbonyl (C=O) groups is 1. The maximum atomic E-state index is 12.9. The van der Waals surface area contributed by atoms with Crippen LogP contribution in [0.1, 0.15) is 27.2 Å². The van der Waals surface area contributed by atoms with Gasteiger partial charge in [0.05, 0.1) is 29.4 Å². The molecular formula is C21H17Cl2N3O2. The molecule has 1 aromatic heterocycles. The van der Waals surface area contributed by atoms with Gasteiger partial charge in [-0.05, 0) is 23.8 Å². The van der Waals surface area contributed by atoms with Crippen LogP contribution in [0.2, 0.25) is 10.0 Å². The van der Waals surface area contributed by atoms with Gasteiger partial charge in [0.1, 0.15) is 6.07 Å². The van der Waals surface area contributed by atoms with Crippen molar-refractivity contribution in [1.29, 1.82) is 5.26 Å². The standard InChI is InChI=1S/C21H17Cl2N3O2/c22-17-6-5-14(21(27)26-7-9-28-10-8-26)20(23)15(17)11-19-16(12-24)13-3-1-2-4-18(13)25-19/h1-6,25H,7-11H2. The maximum Gasteiger partial charge on any atom is 0.255 e. The maximum absolute atomic E-state index is 12.9. The summed E-state index contributed by atoms with van der Waals surface area (Å²) in [5.74, 6) is -0.136. The normalized spacial score (nSPS) is 14.2. The van der Waals surface area contributed by atoms with Gasteiger partial charge in [0.2, 0.25) is 0 Å². The molecule has 142 valence electrons. The van der Waals surface area contributed by atoms with E-state index in [9.17, 15) is 10.1 Å². The van der Waals surface area contributed by atoms with Crippen LogP contribution in [-0.4, -0.2) is 42.1 Å². The molecule has 1 fully saturated rings. The Balaban J connectivity index is 1.73. The van der Waals surface area contributed by atoms with Gasteiger partial charge in [0.25, 0.3) is 5.91 Å². The van der Waals surface area contributed by atoms with E-state index >= 15 is 0 Å². The molecule has 1 saturated heterocycles. The second kappa shape index (κ2) is 7.84. The van der Waals surface area contributed by atoms with Gasteiger partial charge in [-0.3, -0.25) is 4.79 Å². The van der Waals surface area contributed by atoms with Gasteiger partial charge in [-0.15, -0.1) is 0 Å². The Morgan fingerprint density at radius 2 is 1.93 bits per heavy atom. The van der Waals surface area contributed by atoms with Gasteiger partial charge >= 0.3 is 0 Å². The Hall–Kier alpha value is -2.52. The monoisotopic (exact) mass is 413 g/mol. The number of aromatic nitrogens is 1. The van der Waals surface area contributed by atoms with Crippen molar-refractivity contribution < 1.29 is 9.53 Å². The average Bonchev–Trinajstić information content (AvgIpc) is 3.08. The number of para-hydroxylation sites is 1. The van der Waals surface area contributed by atoms with E-state index in [0.29, 0.717) is 59.5 Å². The molecule has 1 aliphatic heterocycles. The van der Waals surface area contributed by atoms with Crippen LogP contribution in [0, 0.1) is 11.3 Å². The number of amides is 1. The molecule has 0 unspecified atom stereocenters. The van der Waals surface area contributed by atoms with Gasteiger partial charge in [-0.25, -0.2) is 0 Å². The van der Waals surface area contributed by atoms with Crippen molar-refractivity contribution in [1.82, 2.24) is 9.88 Å². The van der Waals surface area contributed by atoms with Crippen molar-refractivity contribution in [2.45, 2.75) is 6.42 Å². The minimum atomic E-state index is -0.136. The Bertz CT molecular complexity index is 1090. The van der Waals surface area contributed by atoms with E-state index in [4.69, 9.17) is 27.9 Å². The summed E-state index contributed by atoms with van der Waals surface area (Å²) in [6.45, 7) is 2.11. The van der Waals surface area contributed by atoms with Crippen molar-refractivity contribution in [3.63, 3.8) is 0 Å². The fraction of sp³-hybridized carbons (Fsp3) is 0.238. The first-order valence-corrected chi connectivity index (χ1v) is 9.69. The first-order chi connectivity index (χ1) is 13.6. The van der Waals surface area contributed by atoms with Crippen LogP contribution >= 0.6 is 23.2 Å². The smallest absolute Gasteiger partial charge is 0.255 e. The summed E-state index contributed by atoms with van der Waals surface area (Å²) in [6.07, 6.45) is 0.333. The summed E-state index contributed by atoms with van der Waals surface area (Å²) in [6, 6.07) is 13.2. The summed E-state index contributed by atoms with van der Waals surface area (Å²) in [5, 5.41) is 11.3. The molecule has 4 rings (SSSR count). The first-order valence-electron chi connectivity index (χ1n) is 8.93. The molecule has 1 amide bonds. The summed E-state index contributed by atoms with van der Waals surface area (Å²) >= 11 is 13.0. The molecule has 0 bridgehead atoms. The van der Waals surface area contributed by atoms with Crippen LogP contribution in [0.3, 0.4) is 0 Å². The van der Waals surface area contributed by atoms with E-state index in [1.54, 1.807) is 17.0 Å². The lowest BCUT2D eigenvalue weighted by molar-refractivity contribution is 0.0303. The largest absolute Gasteiger partial charge is 0.378 e. The Labute approximate surface area is 172 Å². The van der Waals surface area contributed by atoms with Crippen LogP contribution in [0.15, 0.2) is 36.4 Å². The lowest BCUT2D eigenvalue weighted by Gasteiger charge is -2.27. The number of fused-ring (bicyclic) bond motifs is 1. The minimum absolute atomic E-state index is 0.136. The molecule has 5 nitrogen and oxygen atoms in total. The number of nitrogens with one attached hydrogen (secondary N) is 1. The molecule has 1 N–H and O–H groups in total. The van der Waals surface area contributed by atoms with Crippen molar-refractivity contribution >= 4 is 40.0 Å². The van der Waals surface area contributed by atoms with Crippen LogP contribution in [0.25, 0.3) is 10.9 Å².